The van der Waals surface area contributed by atoms with Crippen molar-refractivity contribution in [1.29, 1.82) is 0 Å². The number of hydrogen-bond acceptors (Lipinski definition) is 3. The minimum Gasteiger partial charge on any atom is -0.481 e. The van der Waals surface area contributed by atoms with Crippen LogP contribution in [0.15, 0.2) is 52.1 Å². The molecule has 24 heavy (non-hydrogen) atoms. The lowest BCUT2D eigenvalue weighted by Gasteiger charge is -2.12. The van der Waals surface area contributed by atoms with Crippen molar-refractivity contribution in [2.75, 3.05) is 0 Å². The Hall–Kier alpha value is -3.01. The largest absolute Gasteiger partial charge is 0.481 e. The lowest BCUT2D eigenvalue weighted by Crippen LogP contribution is -2.24. The molecule has 0 fully saturated rings. The van der Waals surface area contributed by atoms with Crippen LogP contribution >= 0.6 is 0 Å². The average Bonchev–Trinajstić information content (AvgIpc) is 2.58. The molecular formula is C20H14O4. The standard InChI is InChI=1S/C20H14O4/c21-16(22)6-2-3-11-7-10-15-18-13(11)9-8-12-4-1-5-14(17(12)18)19(23)20(15)24/h1,4-5,7-10H,2-3,6H2,(H,21,22). The third-order valence-corrected chi connectivity index (χ3v) is 4.64. The Balaban J connectivity index is 2.06. The predicted molar refractivity (Wildman–Crippen MR) is 94.4 cm³/mol. The van der Waals surface area contributed by atoms with Gasteiger partial charge in [-0.3, -0.25) is 14.4 Å². The van der Waals surface area contributed by atoms with E-state index in [-0.39, 0.29) is 6.42 Å². The molecule has 0 unspecified atom stereocenters. The van der Waals surface area contributed by atoms with Gasteiger partial charge in [-0.05, 0) is 35.2 Å². The molecule has 0 saturated heterocycles. The summed E-state index contributed by atoms with van der Waals surface area (Å²) in [7, 11) is 0. The van der Waals surface area contributed by atoms with Gasteiger partial charge in [-0.1, -0.05) is 36.4 Å². The molecule has 0 atom stereocenters. The van der Waals surface area contributed by atoms with Crippen LogP contribution in [-0.4, -0.2) is 11.1 Å². The summed E-state index contributed by atoms with van der Waals surface area (Å²) in [6, 6.07) is 12.9. The third-order valence-electron chi connectivity index (χ3n) is 4.64. The Labute approximate surface area is 136 Å². The van der Waals surface area contributed by atoms with Crippen molar-refractivity contribution in [2.45, 2.75) is 19.3 Å². The molecule has 4 aromatic rings. The molecule has 0 bridgehead atoms. The highest BCUT2D eigenvalue weighted by Gasteiger charge is 2.16. The van der Waals surface area contributed by atoms with Gasteiger partial charge in [0.15, 0.2) is 0 Å². The van der Waals surface area contributed by atoms with E-state index in [0.29, 0.717) is 23.6 Å². The second kappa shape index (κ2) is 5.27. The second-order valence-electron chi connectivity index (χ2n) is 6.07. The van der Waals surface area contributed by atoms with Crippen LogP contribution in [-0.2, 0) is 11.2 Å². The maximum Gasteiger partial charge on any atom is 0.303 e. The monoisotopic (exact) mass is 318 g/mol. The molecule has 0 aliphatic heterocycles. The number of aliphatic carboxylic acids is 1. The van der Waals surface area contributed by atoms with E-state index in [1.54, 1.807) is 18.2 Å². The number of hydrogen-bond donors (Lipinski definition) is 1. The summed E-state index contributed by atoms with van der Waals surface area (Å²) in [4.78, 5) is 35.5. The maximum atomic E-state index is 12.4. The molecule has 0 amide bonds. The lowest BCUT2D eigenvalue weighted by molar-refractivity contribution is -0.137. The van der Waals surface area contributed by atoms with Gasteiger partial charge < -0.3 is 5.11 Å². The summed E-state index contributed by atoms with van der Waals surface area (Å²) in [5.41, 5.74) is 0.0800. The Morgan fingerprint density at radius 1 is 0.833 bits per heavy atom. The van der Waals surface area contributed by atoms with Crippen LogP contribution in [0, 0.1) is 0 Å². The van der Waals surface area contributed by atoms with Crippen molar-refractivity contribution >= 4 is 38.3 Å². The highest BCUT2D eigenvalue weighted by atomic mass is 16.4. The summed E-state index contributed by atoms with van der Waals surface area (Å²) in [6.07, 6.45) is 1.27. The van der Waals surface area contributed by atoms with E-state index in [9.17, 15) is 14.4 Å². The van der Waals surface area contributed by atoms with Crippen LogP contribution in [0.3, 0.4) is 0 Å². The highest BCUT2D eigenvalue weighted by molar-refractivity contribution is 6.23. The minimum atomic E-state index is -0.814. The first kappa shape index (κ1) is 14.6. The van der Waals surface area contributed by atoms with Crippen molar-refractivity contribution < 1.29 is 9.90 Å². The molecule has 118 valence electrons. The Morgan fingerprint density at radius 3 is 2.29 bits per heavy atom. The lowest BCUT2D eigenvalue weighted by atomic mass is 9.90. The summed E-state index contributed by atoms with van der Waals surface area (Å²) in [5, 5.41) is 13.2. The van der Waals surface area contributed by atoms with Crippen molar-refractivity contribution in [2.24, 2.45) is 0 Å². The molecule has 0 spiro atoms. The first-order chi connectivity index (χ1) is 11.6. The highest BCUT2D eigenvalue weighted by Crippen LogP contribution is 2.33. The first-order valence-corrected chi connectivity index (χ1v) is 7.86. The van der Waals surface area contributed by atoms with Gasteiger partial charge >= 0.3 is 5.97 Å². The van der Waals surface area contributed by atoms with Crippen LogP contribution in [0.1, 0.15) is 18.4 Å². The average molecular weight is 318 g/mol. The molecule has 0 aliphatic carbocycles. The molecule has 0 saturated carbocycles. The van der Waals surface area contributed by atoms with Crippen molar-refractivity contribution in [3.05, 3.63) is 68.5 Å². The molecule has 0 radical (unpaired) electrons. The van der Waals surface area contributed by atoms with Gasteiger partial charge in [-0.2, -0.15) is 0 Å². The van der Waals surface area contributed by atoms with E-state index in [1.807, 2.05) is 24.3 Å². The molecule has 4 aromatic carbocycles. The molecule has 0 heterocycles. The van der Waals surface area contributed by atoms with Gasteiger partial charge in [-0.25, -0.2) is 0 Å². The van der Waals surface area contributed by atoms with Gasteiger partial charge in [0.2, 0.25) is 10.9 Å². The van der Waals surface area contributed by atoms with E-state index in [1.165, 1.54) is 0 Å². The third kappa shape index (κ3) is 2.03. The van der Waals surface area contributed by atoms with E-state index in [2.05, 4.69) is 0 Å². The van der Waals surface area contributed by atoms with Gasteiger partial charge in [0.25, 0.3) is 0 Å². The van der Waals surface area contributed by atoms with E-state index in [4.69, 9.17) is 5.11 Å². The van der Waals surface area contributed by atoms with Crippen LogP contribution in [0.5, 0.6) is 0 Å². The van der Waals surface area contributed by atoms with Crippen LogP contribution < -0.4 is 10.9 Å². The molecular weight excluding hydrogens is 304 g/mol. The molecule has 0 aromatic heterocycles. The molecule has 0 aliphatic rings. The summed E-state index contributed by atoms with van der Waals surface area (Å²) >= 11 is 0. The fraction of sp³-hybridized carbons (Fsp3) is 0.150. The topological polar surface area (TPSA) is 71.4 Å². The quantitative estimate of drug-likeness (QED) is 0.463. The number of carboxylic acid groups (broad SMARTS) is 1. The number of aryl methyl sites for hydroxylation is 1. The Kier molecular flexibility index (Phi) is 3.20. The van der Waals surface area contributed by atoms with E-state index < -0.39 is 16.8 Å². The number of carboxylic acids is 1. The maximum absolute atomic E-state index is 12.4. The zero-order chi connectivity index (χ0) is 16.8. The van der Waals surface area contributed by atoms with E-state index >= 15 is 0 Å². The normalized spacial score (nSPS) is 11.7. The van der Waals surface area contributed by atoms with E-state index in [0.717, 1.165) is 27.1 Å². The van der Waals surface area contributed by atoms with Gasteiger partial charge in [-0.15, -0.1) is 0 Å². The molecule has 4 nitrogen and oxygen atoms in total. The second-order valence-corrected chi connectivity index (χ2v) is 6.07. The minimum absolute atomic E-state index is 0.111. The number of benzene rings is 4. The summed E-state index contributed by atoms with van der Waals surface area (Å²) in [5.74, 6) is -0.814. The van der Waals surface area contributed by atoms with Crippen LogP contribution in [0.25, 0.3) is 32.3 Å². The van der Waals surface area contributed by atoms with Gasteiger partial charge in [0.05, 0.1) is 0 Å². The fourth-order valence-electron chi connectivity index (χ4n) is 3.55. The smallest absolute Gasteiger partial charge is 0.303 e. The van der Waals surface area contributed by atoms with Crippen LogP contribution in [0.2, 0.25) is 0 Å². The van der Waals surface area contributed by atoms with Crippen LogP contribution in [0.4, 0.5) is 0 Å². The van der Waals surface area contributed by atoms with Gasteiger partial charge in [0, 0.05) is 28.0 Å². The zero-order valence-electron chi connectivity index (χ0n) is 12.8. The Bertz CT molecular complexity index is 1190. The van der Waals surface area contributed by atoms with Crippen molar-refractivity contribution in [3.8, 4) is 0 Å². The van der Waals surface area contributed by atoms with Gasteiger partial charge in [0.1, 0.15) is 0 Å². The number of carbonyl (C=O) groups is 1. The predicted octanol–water partition coefficient (Wildman–Crippen LogP) is 3.15. The first-order valence-electron chi connectivity index (χ1n) is 7.86. The number of rotatable bonds is 4. The summed E-state index contributed by atoms with van der Waals surface area (Å²) < 4.78 is 0. The SMILES string of the molecule is O=C(O)CCCc1ccc2c(=O)c(=O)c3cccc4ccc1c2c43. The molecule has 4 rings (SSSR count). The molecule has 4 heteroatoms. The fourth-order valence-corrected chi connectivity index (χ4v) is 3.55. The zero-order valence-corrected chi connectivity index (χ0v) is 12.8. The molecule has 1 N–H and O–H groups in total. The summed E-state index contributed by atoms with van der Waals surface area (Å²) in [6.45, 7) is 0. The Morgan fingerprint density at radius 2 is 1.54 bits per heavy atom. The van der Waals surface area contributed by atoms with Crippen molar-refractivity contribution in [1.82, 2.24) is 0 Å². The van der Waals surface area contributed by atoms with Crippen molar-refractivity contribution in [3.63, 3.8) is 0 Å².